The lowest BCUT2D eigenvalue weighted by Crippen LogP contribution is -2.53. The highest BCUT2D eigenvalue weighted by atomic mass is 16.5. The summed E-state index contributed by atoms with van der Waals surface area (Å²) in [6, 6.07) is 13.7. The summed E-state index contributed by atoms with van der Waals surface area (Å²) in [6.07, 6.45) is 1.89. The number of ether oxygens (including phenoxy) is 1. The van der Waals surface area contributed by atoms with Gasteiger partial charge in [0.15, 0.2) is 5.78 Å². The maximum Gasteiger partial charge on any atom is 0.227 e. The third kappa shape index (κ3) is 4.03. The first kappa shape index (κ1) is 21.7. The van der Waals surface area contributed by atoms with Gasteiger partial charge in [0.05, 0.1) is 17.9 Å². The molecule has 2 fully saturated rings. The van der Waals surface area contributed by atoms with Crippen molar-refractivity contribution in [2.75, 3.05) is 19.6 Å². The Balaban J connectivity index is 1.22. The molecular weight excluding hydrogens is 416 g/mol. The van der Waals surface area contributed by atoms with Crippen molar-refractivity contribution in [2.45, 2.75) is 51.7 Å². The van der Waals surface area contributed by atoms with Crippen LogP contribution in [0.3, 0.4) is 0 Å². The van der Waals surface area contributed by atoms with Crippen LogP contribution in [0.15, 0.2) is 42.5 Å². The van der Waals surface area contributed by atoms with Crippen LogP contribution in [-0.2, 0) is 16.1 Å². The average Bonchev–Trinajstić information content (AvgIpc) is 3.17. The molecule has 1 atom stereocenters. The normalized spacial score (nSPS) is 21.8. The van der Waals surface area contributed by atoms with Crippen molar-refractivity contribution in [3.63, 3.8) is 0 Å². The zero-order valence-corrected chi connectivity index (χ0v) is 19.3. The van der Waals surface area contributed by atoms with Gasteiger partial charge in [-0.15, -0.1) is 0 Å². The van der Waals surface area contributed by atoms with Crippen LogP contribution in [0.2, 0.25) is 0 Å². The van der Waals surface area contributed by atoms with Crippen LogP contribution in [0.5, 0.6) is 5.75 Å². The second-order valence-electron chi connectivity index (χ2n) is 9.76. The molecular formula is C27H30N2O4. The number of fused-ring (bicyclic) bond motifs is 1. The van der Waals surface area contributed by atoms with E-state index in [0.717, 1.165) is 16.7 Å². The first-order valence-corrected chi connectivity index (χ1v) is 11.8. The number of carbonyl (C=O) groups excluding carboxylic acids is 3. The Labute approximate surface area is 194 Å². The Morgan fingerprint density at radius 3 is 2.52 bits per heavy atom. The summed E-state index contributed by atoms with van der Waals surface area (Å²) in [6.45, 7) is 6.13. The van der Waals surface area contributed by atoms with E-state index in [0.29, 0.717) is 56.8 Å². The Hall–Kier alpha value is -3.15. The van der Waals surface area contributed by atoms with Crippen LogP contribution in [0.25, 0.3) is 0 Å². The number of nitrogens with zero attached hydrogens (tertiary/aromatic N) is 2. The molecule has 3 aliphatic rings. The molecule has 3 heterocycles. The lowest BCUT2D eigenvalue weighted by molar-refractivity contribution is -0.139. The van der Waals surface area contributed by atoms with Gasteiger partial charge in [-0.3, -0.25) is 14.4 Å². The van der Waals surface area contributed by atoms with Gasteiger partial charge >= 0.3 is 0 Å². The minimum absolute atomic E-state index is 0.0364. The zero-order valence-electron chi connectivity index (χ0n) is 19.3. The van der Waals surface area contributed by atoms with Gasteiger partial charge < -0.3 is 14.5 Å². The molecule has 0 N–H and O–H groups in total. The molecule has 1 spiro atoms. The fourth-order valence-electron chi connectivity index (χ4n) is 5.35. The molecule has 6 nitrogen and oxygen atoms in total. The van der Waals surface area contributed by atoms with Gasteiger partial charge in [0.2, 0.25) is 11.8 Å². The number of aryl methyl sites for hydroxylation is 1. The zero-order chi connectivity index (χ0) is 23.2. The van der Waals surface area contributed by atoms with Crippen molar-refractivity contribution in [1.82, 2.24) is 9.80 Å². The van der Waals surface area contributed by atoms with Gasteiger partial charge in [-0.2, -0.15) is 0 Å². The summed E-state index contributed by atoms with van der Waals surface area (Å²) in [5.41, 5.74) is 3.33. The molecule has 5 rings (SSSR count). The van der Waals surface area contributed by atoms with Crippen molar-refractivity contribution in [2.24, 2.45) is 5.92 Å². The number of amides is 2. The van der Waals surface area contributed by atoms with Gasteiger partial charge in [-0.1, -0.05) is 36.4 Å². The van der Waals surface area contributed by atoms with Gasteiger partial charge in [-0.25, -0.2) is 0 Å². The minimum Gasteiger partial charge on any atom is -0.486 e. The predicted molar refractivity (Wildman–Crippen MR) is 124 cm³/mol. The monoisotopic (exact) mass is 446 g/mol. The number of benzene rings is 2. The molecule has 33 heavy (non-hydrogen) atoms. The number of carbonyl (C=O) groups is 3. The third-order valence-corrected chi connectivity index (χ3v) is 7.54. The highest BCUT2D eigenvalue weighted by molar-refractivity contribution is 6.01. The van der Waals surface area contributed by atoms with Gasteiger partial charge in [0.1, 0.15) is 11.4 Å². The summed E-state index contributed by atoms with van der Waals surface area (Å²) in [5, 5.41) is 0. The van der Waals surface area contributed by atoms with Crippen molar-refractivity contribution < 1.29 is 19.1 Å². The highest BCUT2D eigenvalue weighted by Crippen LogP contribution is 2.42. The molecule has 0 aromatic heterocycles. The molecule has 0 saturated carbocycles. The van der Waals surface area contributed by atoms with Crippen LogP contribution in [0.4, 0.5) is 0 Å². The number of hydrogen-bond acceptors (Lipinski definition) is 4. The van der Waals surface area contributed by atoms with E-state index in [4.69, 9.17) is 4.74 Å². The molecule has 2 saturated heterocycles. The van der Waals surface area contributed by atoms with Gasteiger partial charge in [-0.05, 0) is 36.6 Å². The molecule has 0 bridgehead atoms. The van der Waals surface area contributed by atoms with Crippen molar-refractivity contribution in [1.29, 1.82) is 0 Å². The summed E-state index contributed by atoms with van der Waals surface area (Å²) in [7, 11) is 0. The molecule has 0 aliphatic carbocycles. The van der Waals surface area contributed by atoms with E-state index in [1.54, 1.807) is 4.90 Å². The standard InChI is InChI=1S/C27H30N2O4/c1-18-8-9-22-23(30)15-27(33-25(22)19(18)2)10-12-28(13-11-27)26(32)21-14-24(31)29(17-21)16-20-6-4-3-5-7-20/h3-9,21H,10-17H2,1-2H3. The summed E-state index contributed by atoms with van der Waals surface area (Å²) < 4.78 is 6.48. The van der Waals surface area contributed by atoms with Crippen molar-refractivity contribution >= 4 is 17.6 Å². The van der Waals surface area contributed by atoms with E-state index < -0.39 is 5.60 Å². The summed E-state index contributed by atoms with van der Waals surface area (Å²) >= 11 is 0. The maximum absolute atomic E-state index is 13.2. The first-order chi connectivity index (χ1) is 15.8. The van der Waals surface area contributed by atoms with E-state index in [1.165, 1.54) is 0 Å². The third-order valence-electron chi connectivity index (χ3n) is 7.54. The van der Waals surface area contributed by atoms with Crippen LogP contribution in [-0.4, -0.2) is 52.6 Å². The average molecular weight is 447 g/mol. The number of likely N-dealkylation sites (tertiary alicyclic amines) is 2. The Bertz CT molecular complexity index is 1100. The van der Waals surface area contributed by atoms with Crippen LogP contribution >= 0.6 is 0 Å². The first-order valence-electron chi connectivity index (χ1n) is 11.8. The van der Waals surface area contributed by atoms with Crippen LogP contribution in [0.1, 0.15) is 52.7 Å². The van der Waals surface area contributed by atoms with Crippen molar-refractivity contribution in [3.05, 3.63) is 64.7 Å². The Kier molecular flexibility index (Phi) is 5.47. The van der Waals surface area contributed by atoms with Crippen molar-refractivity contribution in [3.8, 4) is 5.75 Å². The quantitative estimate of drug-likeness (QED) is 0.722. The molecule has 2 aromatic rings. The molecule has 2 amide bonds. The summed E-state index contributed by atoms with van der Waals surface area (Å²) in [5.74, 6) is 0.619. The van der Waals surface area contributed by atoms with E-state index >= 15 is 0 Å². The van der Waals surface area contributed by atoms with E-state index in [2.05, 4.69) is 0 Å². The molecule has 1 unspecified atom stereocenters. The Morgan fingerprint density at radius 1 is 1.06 bits per heavy atom. The smallest absolute Gasteiger partial charge is 0.227 e. The second-order valence-corrected chi connectivity index (χ2v) is 9.76. The predicted octanol–water partition coefficient (Wildman–Crippen LogP) is 3.68. The number of ketones is 1. The molecule has 2 aromatic carbocycles. The fraction of sp³-hybridized carbons (Fsp3) is 0.444. The SMILES string of the molecule is Cc1ccc2c(c1C)OC1(CCN(C(=O)C3CC(=O)N(Cc4ccccc4)C3)CC1)CC2=O. The van der Waals surface area contributed by atoms with E-state index in [9.17, 15) is 14.4 Å². The second kappa shape index (κ2) is 8.32. The fourth-order valence-corrected chi connectivity index (χ4v) is 5.35. The number of Topliss-reactive ketones (excluding diaryl/α,β-unsaturated/α-hetero) is 1. The largest absolute Gasteiger partial charge is 0.486 e. The molecule has 3 aliphatic heterocycles. The number of piperidine rings is 1. The minimum atomic E-state index is -0.537. The lowest BCUT2D eigenvalue weighted by Gasteiger charge is -2.44. The van der Waals surface area contributed by atoms with Gasteiger partial charge in [0, 0.05) is 45.4 Å². The lowest BCUT2D eigenvalue weighted by atomic mass is 9.81. The van der Waals surface area contributed by atoms with Gasteiger partial charge in [0.25, 0.3) is 0 Å². The van der Waals surface area contributed by atoms with Crippen LogP contribution < -0.4 is 4.74 Å². The topological polar surface area (TPSA) is 66.9 Å². The number of hydrogen-bond donors (Lipinski definition) is 0. The van der Waals surface area contributed by atoms with E-state index in [1.807, 2.05) is 61.2 Å². The number of rotatable bonds is 3. The molecule has 6 heteroatoms. The highest BCUT2D eigenvalue weighted by Gasteiger charge is 2.45. The maximum atomic E-state index is 13.2. The summed E-state index contributed by atoms with van der Waals surface area (Å²) in [4.78, 5) is 42.3. The Morgan fingerprint density at radius 2 is 1.79 bits per heavy atom. The molecule has 0 radical (unpaired) electrons. The van der Waals surface area contributed by atoms with E-state index in [-0.39, 0.29) is 29.9 Å². The molecule has 172 valence electrons. The van der Waals surface area contributed by atoms with Crippen LogP contribution in [0, 0.1) is 19.8 Å².